The topological polar surface area (TPSA) is 59.0 Å². The lowest BCUT2D eigenvalue weighted by molar-refractivity contribution is -0.136. The van der Waals surface area contributed by atoms with Crippen LogP contribution in [0.1, 0.15) is 72.9 Å². The van der Waals surface area contributed by atoms with Gasteiger partial charge in [0.15, 0.2) is 0 Å². The van der Waals surface area contributed by atoms with Crippen LogP contribution in [0, 0.1) is 0 Å². The van der Waals surface area contributed by atoms with Crippen molar-refractivity contribution in [1.82, 2.24) is 5.06 Å². The Morgan fingerprint density at radius 1 is 0.842 bits per heavy atom. The number of carbonyl (C=O) groups is 1. The number of cyclic esters (lactones) is 1. The van der Waals surface area contributed by atoms with Crippen LogP contribution < -0.4 is 0 Å². The van der Waals surface area contributed by atoms with Gasteiger partial charge in [0.05, 0.1) is 17.5 Å². The number of hydroxylamine groups is 2. The van der Waals surface area contributed by atoms with E-state index in [-0.39, 0.29) is 24.1 Å². The fraction of sp³-hybridized carbons (Fsp3) is 0.406. The maximum atomic E-state index is 12.3. The van der Waals surface area contributed by atoms with Crippen molar-refractivity contribution in [3.8, 4) is 0 Å². The molecule has 4 rings (SSSR count). The van der Waals surface area contributed by atoms with E-state index in [1.165, 1.54) is 42.7 Å². The van der Waals surface area contributed by atoms with E-state index >= 15 is 0 Å². The van der Waals surface area contributed by atoms with Crippen LogP contribution in [0.2, 0.25) is 0 Å². The summed E-state index contributed by atoms with van der Waals surface area (Å²) < 4.78 is 5.22. The zero-order valence-electron chi connectivity index (χ0n) is 21.9. The predicted octanol–water partition coefficient (Wildman–Crippen LogP) is 7.73. The van der Waals surface area contributed by atoms with Gasteiger partial charge in [0.1, 0.15) is 12.6 Å². The number of aryl methyl sites for hydroxylation is 2. The summed E-state index contributed by atoms with van der Waals surface area (Å²) >= 11 is 3.60. The quantitative estimate of drug-likeness (QED) is 0.148. The molecule has 3 atom stereocenters. The minimum Gasteiger partial charge on any atom is -0.445 e. The molecule has 1 amide bonds. The Balaban J connectivity index is 1.20. The van der Waals surface area contributed by atoms with Crippen LogP contribution in [0.4, 0.5) is 4.79 Å². The van der Waals surface area contributed by atoms with Crippen LogP contribution in [0.15, 0.2) is 84.9 Å². The molecule has 0 radical (unpaired) electrons. The summed E-state index contributed by atoms with van der Waals surface area (Å²) in [5, 5.41) is 12.4. The summed E-state index contributed by atoms with van der Waals surface area (Å²) in [4.78, 5) is 17.7. The first kappa shape index (κ1) is 28.3. The average molecular weight is 581 g/mol. The third-order valence-electron chi connectivity index (χ3n) is 7.11. The van der Waals surface area contributed by atoms with E-state index in [1.54, 1.807) is 0 Å². The lowest BCUT2D eigenvalue weighted by Gasteiger charge is -2.25. The lowest BCUT2D eigenvalue weighted by atomic mass is 9.96. The van der Waals surface area contributed by atoms with Gasteiger partial charge in [-0.2, -0.15) is 5.06 Å². The van der Waals surface area contributed by atoms with E-state index in [4.69, 9.17) is 9.57 Å². The average Bonchev–Trinajstić information content (AvgIpc) is 3.34. The summed E-state index contributed by atoms with van der Waals surface area (Å²) in [5.41, 5.74) is 4.45. The molecule has 1 fully saturated rings. The van der Waals surface area contributed by atoms with Crippen LogP contribution >= 0.6 is 15.9 Å². The molecule has 1 aliphatic heterocycles. The zero-order valence-corrected chi connectivity index (χ0v) is 23.5. The second kappa shape index (κ2) is 15.1. The van der Waals surface area contributed by atoms with E-state index in [0.29, 0.717) is 0 Å². The van der Waals surface area contributed by atoms with Crippen molar-refractivity contribution in [3.05, 3.63) is 107 Å². The minimum atomic E-state index is -0.752. The summed E-state index contributed by atoms with van der Waals surface area (Å²) in [6.45, 7) is 0.380. The van der Waals surface area contributed by atoms with Crippen LogP contribution in [0.3, 0.4) is 0 Å². The van der Waals surface area contributed by atoms with E-state index in [2.05, 4.69) is 52.3 Å². The summed E-state index contributed by atoms with van der Waals surface area (Å²) in [6.07, 6.45) is 8.15. The Labute approximate surface area is 234 Å². The fourth-order valence-electron chi connectivity index (χ4n) is 4.94. The normalized spacial score (nSPS) is 16.8. The minimum absolute atomic E-state index is 0.136. The number of aliphatic hydroxyl groups excluding tert-OH is 1. The van der Waals surface area contributed by atoms with Crippen molar-refractivity contribution >= 4 is 22.0 Å². The van der Waals surface area contributed by atoms with E-state index in [1.807, 2.05) is 48.5 Å². The van der Waals surface area contributed by atoms with Gasteiger partial charge in [-0.15, -0.1) is 0 Å². The Morgan fingerprint density at radius 2 is 1.45 bits per heavy atom. The Morgan fingerprint density at radius 3 is 2.18 bits per heavy atom. The van der Waals surface area contributed by atoms with Crippen molar-refractivity contribution in [2.45, 2.75) is 68.3 Å². The van der Waals surface area contributed by atoms with Gasteiger partial charge in [0.25, 0.3) is 0 Å². The molecule has 3 aromatic carbocycles. The van der Waals surface area contributed by atoms with Crippen molar-refractivity contribution in [1.29, 1.82) is 0 Å². The number of aliphatic hydroxyl groups is 1. The van der Waals surface area contributed by atoms with Gasteiger partial charge in [-0.3, -0.25) is 4.84 Å². The van der Waals surface area contributed by atoms with Gasteiger partial charge in [-0.25, -0.2) is 4.79 Å². The van der Waals surface area contributed by atoms with Crippen molar-refractivity contribution in [2.24, 2.45) is 0 Å². The van der Waals surface area contributed by atoms with Gasteiger partial charge in [-0.05, 0) is 47.9 Å². The Kier molecular flexibility index (Phi) is 11.2. The SMILES string of the molecule is O=C1OC[C@H](c2ccccc2)N1OC[C@@H](Br)[C@H](O)c1ccccc1CCCCCCCCc1ccccc1. The molecule has 0 spiro atoms. The van der Waals surface area contributed by atoms with E-state index in [0.717, 1.165) is 36.0 Å². The Bertz CT molecular complexity index is 1110. The maximum Gasteiger partial charge on any atom is 0.434 e. The van der Waals surface area contributed by atoms with Crippen molar-refractivity contribution in [3.63, 3.8) is 0 Å². The molecule has 1 aliphatic rings. The molecule has 38 heavy (non-hydrogen) atoms. The standard InChI is InChI=1S/C32H38BrNO4/c33-29(23-38-34-30(24-37-32(34)36)27-20-11-6-12-21-27)31(35)28-22-14-13-19-26(28)18-10-4-2-1-3-7-15-25-16-8-5-9-17-25/h5-6,8-9,11-14,16-17,19-22,29-31,35H,1-4,7,10,15,18,23-24H2/t29-,30-,31-/m1/s1. The number of unbranched alkanes of at least 4 members (excludes halogenated alkanes) is 5. The molecule has 0 bridgehead atoms. The van der Waals surface area contributed by atoms with Crippen LogP contribution in [0.25, 0.3) is 0 Å². The molecule has 0 aliphatic carbocycles. The number of ether oxygens (including phenoxy) is 1. The van der Waals surface area contributed by atoms with Gasteiger partial charge in [0.2, 0.25) is 0 Å². The Hall–Kier alpha value is -2.67. The second-order valence-corrected chi connectivity index (χ2v) is 11.1. The fourth-order valence-corrected chi connectivity index (χ4v) is 5.35. The first-order valence-corrected chi connectivity index (χ1v) is 14.6. The molecule has 3 aromatic rings. The monoisotopic (exact) mass is 579 g/mol. The molecule has 0 saturated carbocycles. The van der Waals surface area contributed by atoms with Crippen LogP contribution in [-0.4, -0.2) is 34.3 Å². The highest BCUT2D eigenvalue weighted by Gasteiger charge is 2.36. The van der Waals surface area contributed by atoms with Gasteiger partial charge < -0.3 is 9.84 Å². The predicted molar refractivity (Wildman–Crippen MR) is 154 cm³/mol. The second-order valence-electron chi connectivity index (χ2n) is 9.89. The maximum absolute atomic E-state index is 12.3. The molecule has 5 nitrogen and oxygen atoms in total. The number of rotatable bonds is 15. The number of alkyl halides is 1. The highest BCUT2D eigenvalue weighted by molar-refractivity contribution is 9.09. The molecule has 0 aromatic heterocycles. The molecule has 1 saturated heterocycles. The smallest absolute Gasteiger partial charge is 0.434 e. The first-order valence-electron chi connectivity index (χ1n) is 13.7. The van der Waals surface area contributed by atoms with E-state index < -0.39 is 12.2 Å². The molecule has 1 N–H and O–H groups in total. The number of hydrogen-bond acceptors (Lipinski definition) is 4. The molecule has 202 valence electrons. The summed E-state index contributed by atoms with van der Waals surface area (Å²) in [7, 11) is 0. The number of amides is 1. The van der Waals surface area contributed by atoms with Crippen LogP contribution in [-0.2, 0) is 22.4 Å². The third kappa shape index (κ3) is 8.16. The van der Waals surface area contributed by atoms with Gasteiger partial charge in [0, 0.05) is 0 Å². The summed E-state index contributed by atoms with van der Waals surface area (Å²) in [5.74, 6) is 0. The number of hydrogen-bond donors (Lipinski definition) is 1. The van der Waals surface area contributed by atoms with Gasteiger partial charge >= 0.3 is 6.09 Å². The number of benzene rings is 3. The number of halogens is 1. The van der Waals surface area contributed by atoms with Crippen molar-refractivity contribution < 1.29 is 19.5 Å². The van der Waals surface area contributed by atoms with E-state index in [9.17, 15) is 9.90 Å². The third-order valence-corrected chi connectivity index (χ3v) is 7.87. The molecule has 6 heteroatoms. The zero-order chi connectivity index (χ0) is 26.6. The number of nitrogens with zero attached hydrogens (tertiary/aromatic N) is 1. The van der Waals surface area contributed by atoms with Crippen molar-refractivity contribution in [2.75, 3.05) is 13.2 Å². The highest BCUT2D eigenvalue weighted by atomic mass is 79.9. The highest BCUT2D eigenvalue weighted by Crippen LogP contribution is 2.31. The first-order chi connectivity index (χ1) is 18.6. The van der Waals surface area contributed by atoms with Gasteiger partial charge in [-0.1, -0.05) is 127 Å². The largest absolute Gasteiger partial charge is 0.445 e. The molecular weight excluding hydrogens is 542 g/mol. The summed E-state index contributed by atoms with van der Waals surface area (Å²) in [6, 6.07) is 28.2. The molecule has 0 unspecified atom stereocenters. The number of carbonyl (C=O) groups excluding carboxylic acids is 1. The lowest BCUT2D eigenvalue weighted by Crippen LogP contribution is -2.32. The van der Waals surface area contributed by atoms with Crippen LogP contribution in [0.5, 0.6) is 0 Å². The molecular formula is C32H38BrNO4. The molecule has 1 heterocycles.